The minimum Gasteiger partial charge on any atom is -0.490 e. The summed E-state index contributed by atoms with van der Waals surface area (Å²) in [4.78, 5) is -0.320. The Bertz CT molecular complexity index is 640. The Morgan fingerprint density at radius 1 is 0.857 bits per heavy atom. The van der Waals surface area contributed by atoms with Crippen molar-refractivity contribution >= 4 is 15.9 Å². The average Bonchev–Trinajstić information content (AvgIpc) is 2.69. The lowest BCUT2D eigenvalue weighted by Crippen LogP contribution is -1.98. The summed E-state index contributed by atoms with van der Waals surface area (Å²) in [6, 6.07) is 8.99. The molecule has 0 saturated carbocycles. The Hall–Kier alpha value is -1.62. The van der Waals surface area contributed by atoms with Crippen LogP contribution in [-0.2, 0) is 0 Å². The van der Waals surface area contributed by atoms with Crippen molar-refractivity contribution in [2.45, 2.75) is 11.2 Å². The van der Waals surface area contributed by atoms with Crippen LogP contribution in [-0.4, -0.2) is 13.2 Å². The van der Waals surface area contributed by atoms with Gasteiger partial charge in [-0.3, -0.25) is 0 Å². The van der Waals surface area contributed by atoms with E-state index in [2.05, 4.69) is 15.9 Å². The zero-order valence-corrected chi connectivity index (χ0v) is 12.7. The summed E-state index contributed by atoms with van der Waals surface area (Å²) < 4.78 is 37.8. The first-order valence-corrected chi connectivity index (χ1v) is 7.54. The van der Waals surface area contributed by atoms with Crippen LogP contribution in [0.4, 0.5) is 8.78 Å². The van der Waals surface area contributed by atoms with E-state index >= 15 is 0 Å². The van der Waals surface area contributed by atoms with Crippen molar-refractivity contribution in [3.63, 3.8) is 0 Å². The predicted molar refractivity (Wildman–Crippen MR) is 79.2 cm³/mol. The molecule has 0 N–H and O–H groups in total. The number of fused-ring (bicyclic) bond motifs is 1. The number of rotatable bonds is 2. The highest BCUT2D eigenvalue weighted by Gasteiger charge is 2.17. The van der Waals surface area contributed by atoms with Crippen LogP contribution in [0.25, 0.3) is 0 Å². The van der Waals surface area contributed by atoms with Crippen LogP contribution in [0.15, 0.2) is 36.4 Å². The summed E-state index contributed by atoms with van der Waals surface area (Å²) in [5.74, 6) is 0.167. The molecule has 0 saturated heterocycles. The molecule has 1 heterocycles. The minimum atomic E-state index is -0.594. The van der Waals surface area contributed by atoms with Gasteiger partial charge >= 0.3 is 0 Å². The van der Waals surface area contributed by atoms with Crippen molar-refractivity contribution in [2.24, 2.45) is 0 Å². The summed E-state index contributed by atoms with van der Waals surface area (Å²) >= 11 is 3.48. The molecule has 0 spiro atoms. The molecule has 2 nitrogen and oxygen atoms in total. The van der Waals surface area contributed by atoms with Gasteiger partial charge in [-0.1, -0.05) is 22.0 Å². The van der Waals surface area contributed by atoms with E-state index in [0.29, 0.717) is 30.3 Å². The molecule has 0 amide bonds. The van der Waals surface area contributed by atoms with Crippen molar-refractivity contribution in [1.29, 1.82) is 0 Å². The summed E-state index contributed by atoms with van der Waals surface area (Å²) in [7, 11) is 0. The number of alkyl halides is 1. The normalized spacial score (nSPS) is 15.4. The first-order valence-electron chi connectivity index (χ1n) is 6.63. The van der Waals surface area contributed by atoms with Gasteiger partial charge in [0.1, 0.15) is 11.6 Å². The van der Waals surface area contributed by atoms with Gasteiger partial charge in [0.15, 0.2) is 11.5 Å². The van der Waals surface area contributed by atoms with Crippen LogP contribution in [0.1, 0.15) is 22.4 Å². The van der Waals surface area contributed by atoms with Crippen molar-refractivity contribution < 1.29 is 18.3 Å². The van der Waals surface area contributed by atoms with Gasteiger partial charge in [0.25, 0.3) is 0 Å². The zero-order valence-electron chi connectivity index (χ0n) is 11.1. The molecule has 0 aliphatic carbocycles. The summed E-state index contributed by atoms with van der Waals surface area (Å²) in [6.07, 6.45) is 0.830. The molecule has 0 bridgehead atoms. The minimum absolute atomic E-state index is 0.320. The molecule has 21 heavy (non-hydrogen) atoms. The fourth-order valence-corrected chi connectivity index (χ4v) is 2.80. The number of benzene rings is 2. The third kappa shape index (κ3) is 3.18. The van der Waals surface area contributed by atoms with Crippen LogP contribution >= 0.6 is 15.9 Å². The van der Waals surface area contributed by atoms with Gasteiger partial charge in [0.05, 0.1) is 18.0 Å². The Labute approximate surface area is 129 Å². The van der Waals surface area contributed by atoms with Gasteiger partial charge in [-0.05, 0) is 35.4 Å². The summed E-state index contributed by atoms with van der Waals surface area (Å²) in [6.45, 7) is 1.22. The number of hydrogen-bond acceptors (Lipinski definition) is 2. The maximum atomic E-state index is 13.3. The molecule has 1 unspecified atom stereocenters. The van der Waals surface area contributed by atoms with E-state index in [-0.39, 0.29) is 4.83 Å². The van der Waals surface area contributed by atoms with Crippen LogP contribution in [0.3, 0.4) is 0 Å². The molecule has 3 rings (SSSR count). The molecule has 2 aromatic rings. The van der Waals surface area contributed by atoms with Gasteiger partial charge in [0, 0.05) is 12.5 Å². The number of ether oxygens (including phenoxy) is 2. The van der Waals surface area contributed by atoms with Gasteiger partial charge < -0.3 is 9.47 Å². The van der Waals surface area contributed by atoms with Crippen molar-refractivity contribution in [2.75, 3.05) is 13.2 Å². The molecule has 1 aliphatic rings. The van der Waals surface area contributed by atoms with E-state index in [0.717, 1.165) is 18.1 Å². The van der Waals surface area contributed by atoms with E-state index in [4.69, 9.17) is 9.47 Å². The van der Waals surface area contributed by atoms with Crippen molar-refractivity contribution in [1.82, 2.24) is 0 Å². The third-order valence-corrected chi connectivity index (χ3v) is 4.30. The van der Waals surface area contributed by atoms with E-state index in [1.807, 2.05) is 18.2 Å². The standard InChI is InChI=1S/C16H13BrF2O2/c17-16(11-6-12(18)9-13(19)7-11)10-2-3-14-15(8-10)21-5-1-4-20-14/h2-3,6-9,16H,1,4-5H2. The fraction of sp³-hybridized carbons (Fsp3) is 0.250. The average molecular weight is 355 g/mol. The first kappa shape index (κ1) is 14.3. The quantitative estimate of drug-likeness (QED) is 0.733. The lowest BCUT2D eigenvalue weighted by molar-refractivity contribution is 0.297. The van der Waals surface area contributed by atoms with Gasteiger partial charge in [0.2, 0.25) is 0 Å². The van der Waals surface area contributed by atoms with Gasteiger partial charge in [-0.25, -0.2) is 8.78 Å². The molecule has 1 aliphatic heterocycles. The Morgan fingerprint density at radius 2 is 1.52 bits per heavy atom. The van der Waals surface area contributed by atoms with E-state index in [1.165, 1.54) is 12.1 Å². The Morgan fingerprint density at radius 3 is 2.24 bits per heavy atom. The molecule has 5 heteroatoms. The molecule has 0 aromatic heterocycles. The maximum Gasteiger partial charge on any atom is 0.161 e. The highest BCUT2D eigenvalue weighted by Crippen LogP contribution is 2.37. The number of halogens is 3. The SMILES string of the molecule is Fc1cc(F)cc(C(Br)c2ccc3c(c2)OCCCO3)c1. The molecule has 0 fully saturated rings. The molecule has 2 aromatic carbocycles. The second-order valence-corrected chi connectivity index (χ2v) is 5.74. The molecule has 0 radical (unpaired) electrons. The molecule has 1 atom stereocenters. The molecular weight excluding hydrogens is 342 g/mol. The topological polar surface area (TPSA) is 18.5 Å². The lowest BCUT2D eigenvalue weighted by atomic mass is 10.0. The summed E-state index contributed by atoms with van der Waals surface area (Å²) in [5, 5.41) is 0. The molecular formula is C16H13BrF2O2. The Balaban J connectivity index is 1.94. The second kappa shape index (κ2) is 6.02. The van der Waals surface area contributed by atoms with Crippen LogP contribution < -0.4 is 9.47 Å². The van der Waals surface area contributed by atoms with Crippen molar-refractivity contribution in [3.8, 4) is 11.5 Å². The number of hydrogen-bond donors (Lipinski definition) is 0. The van der Waals surface area contributed by atoms with E-state index in [1.54, 1.807) is 0 Å². The zero-order chi connectivity index (χ0) is 14.8. The first-order chi connectivity index (χ1) is 10.1. The third-order valence-electron chi connectivity index (χ3n) is 3.24. The summed E-state index contributed by atoms with van der Waals surface area (Å²) in [5.41, 5.74) is 1.37. The van der Waals surface area contributed by atoms with E-state index < -0.39 is 11.6 Å². The van der Waals surface area contributed by atoms with Crippen LogP contribution in [0.5, 0.6) is 11.5 Å². The maximum absolute atomic E-state index is 13.3. The largest absolute Gasteiger partial charge is 0.490 e. The van der Waals surface area contributed by atoms with Gasteiger partial charge in [-0.2, -0.15) is 0 Å². The van der Waals surface area contributed by atoms with Gasteiger partial charge in [-0.15, -0.1) is 0 Å². The van der Waals surface area contributed by atoms with E-state index in [9.17, 15) is 8.78 Å². The van der Waals surface area contributed by atoms with Crippen molar-refractivity contribution in [3.05, 3.63) is 59.2 Å². The predicted octanol–water partition coefficient (Wildman–Crippen LogP) is 4.61. The second-order valence-electron chi connectivity index (χ2n) is 4.82. The van der Waals surface area contributed by atoms with Crippen LogP contribution in [0.2, 0.25) is 0 Å². The lowest BCUT2D eigenvalue weighted by Gasteiger charge is -2.14. The fourth-order valence-electron chi connectivity index (χ4n) is 2.25. The highest BCUT2D eigenvalue weighted by atomic mass is 79.9. The van der Waals surface area contributed by atoms with Crippen LogP contribution in [0, 0.1) is 11.6 Å². The highest BCUT2D eigenvalue weighted by molar-refractivity contribution is 9.09. The molecule has 110 valence electrons. The Kier molecular flexibility index (Phi) is 4.10. The monoisotopic (exact) mass is 354 g/mol. The smallest absolute Gasteiger partial charge is 0.161 e.